The number of hydrogen-bond donors (Lipinski definition) is 2. The molecule has 0 radical (unpaired) electrons. The van der Waals surface area contributed by atoms with Crippen LogP contribution in [0.5, 0.6) is 11.5 Å². The predicted octanol–water partition coefficient (Wildman–Crippen LogP) is 1.32. The van der Waals surface area contributed by atoms with E-state index in [1.807, 2.05) is 0 Å². The third-order valence-electron chi connectivity index (χ3n) is 3.10. The number of benzene rings is 1. The van der Waals surface area contributed by atoms with Crippen LogP contribution in [-0.2, 0) is 5.41 Å². The van der Waals surface area contributed by atoms with Crippen molar-refractivity contribution in [2.24, 2.45) is 0 Å². The molecule has 0 bridgehead atoms. The third-order valence-corrected chi connectivity index (χ3v) is 3.10. The quantitative estimate of drug-likeness (QED) is 0.786. The van der Waals surface area contributed by atoms with Gasteiger partial charge in [0.05, 0.1) is 24.7 Å². The van der Waals surface area contributed by atoms with Gasteiger partial charge >= 0.3 is 0 Å². The van der Waals surface area contributed by atoms with Crippen molar-refractivity contribution in [2.45, 2.75) is 24.4 Å². The maximum atomic E-state index is 9.83. The predicted molar refractivity (Wildman–Crippen MR) is 57.2 cm³/mol. The summed E-state index contributed by atoms with van der Waals surface area (Å²) in [7, 11) is 1.52. The molecule has 0 saturated heterocycles. The minimum atomic E-state index is -0.740. The van der Waals surface area contributed by atoms with Gasteiger partial charge in [0.15, 0.2) is 0 Å². The molecule has 16 heavy (non-hydrogen) atoms. The van der Waals surface area contributed by atoms with Crippen LogP contribution >= 0.6 is 0 Å². The topological polar surface area (TPSA) is 73.5 Å². The lowest BCUT2D eigenvalue weighted by molar-refractivity contribution is 0.0438. The van der Waals surface area contributed by atoms with Crippen LogP contribution in [0.15, 0.2) is 18.2 Å². The summed E-state index contributed by atoms with van der Waals surface area (Å²) < 4.78 is 4.98. The number of methoxy groups -OCH3 is 1. The van der Waals surface area contributed by atoms with E-state index in [1.54, 1.807) is 12.1 Å². The highest BCUT2D eigenvalue weighted by Crippen LogP contribution is 2.47. The zero-order valence-corrected chi connectivity index (χ0v) is 8.97. The molecule has 0 aromatic heterocycles. The van der Waals surface area contributed by atoms with Crippen molar-refractivity contribution in [1.29, 1.82) is 5.26 Å². The summed E-state index contributed by atoms with van der Waals surface area (Å²) in [5, 5.41) is 28.3. The number of nitriles is 1. The first-order valence-corrected chi connectivity index (χ1v) is 5.08. The maximum Gasteiger partial charge on any atom is 0.124 e. The van der Waals surface area contributed by atoms with E-state index in [-0.39, 0.29) is 5.75 Å². The first-order valence-electron chi connectivity index (χ1n) is 5.08. The van der Waals surface area contributed by atoms with E-state index in [4.69, 9.17) is 10.00 Å². The molecular formula is C12H13NO3. The van der Waals surface area contributed by atoms with E-state index in [1.165, 1.54) is 13.2 Å². The molecule has 1 aromatic carbocycles. The smallest absolute Gasteiger partial charge is 0.124 e. The SMILES string of the molecule is COc1ccc(C2(C#N)CC(O)C2)c(O)c1. The average Bonchev–Trinajstić information content (AvgIpc) is 2.24. The lowest BCUT2D eigenvalue weighted by atomic mass is 9.63. The molecule has 4 nitrogen and oxygen atoms in total. The number of aliphatic hydroxyl groups excluding tert-OH is 1. The largest absolute Gasteiger partial charge is 0.507 e. The molecule has 1 aliphatic carbocycles. The summed E-state index contributed by atoms with van der Waals surface area (Å²) in [5.41, 5.74) is -0.170. The molecule has 0 unspecified atom stereocenters. The van der Waals surface area contributed by atoms with Crippen LogP contribution in [0.4, 0.5) is 0 Å². The van der Waals surface area contributed by atoms with Crippen molar-refractivity contribution in [3.8, 4) is 17.6 Å². The highest BCUT2D eigenvalue weighted by atomic mass is 16.5. The van der Waals surface area contributed by atoms with Crippen LogP contribution in [0.2, 0.25) is 0 Å². The third kappa shape index (κ3) is 1.50. The highest BCUT2D eigenvalue weighted by molar-refractivity contribution is 5.48. The lowest BCUT2D eigenvalue weighted by Gasteiger charge is -2.40. The van der Waals surface area contributed by atoms with E-state index in [0.717, 1.165) is 0 Å². The van der Waals surface area contributed by atoms with E-state index in [2.05, 4.69) is 6.07 Å². The molecule has 0 heterocycles. The molecule has 0 spiro atoms. The number of nitrogens with zero attached hydrogens (tertiary/aromatic N) is 1. The summed E-state index contributed by atoms with van der Waals surface area (Å²) in [6.45, 7) is 0. The Balaban J connectivity index is 2.38. The minimum absolute atomic E-state index is 0.0489. The van der Waals surface area contributed by atoms with E-state index < -0.39 is 11.5 Å². The van der Waals surface area contributed by atoms with Gasteiger partial charge in [0, 0.05) is 11.6 Å². The normalized spacial score (nSPS) is 27.9. The maximum absolute atomic E-state index is 9.83. The van der Waals surface area contributed by atoms with Crippen LogP contribution in [0.25, 0.3) is 0 Å². The summed E-state index contributed by atoms with van der Waals surface area (Å²) >= 11 is 0. The highest BCUT2D eigenvalue weighted by Gasteiger charge is 2.46. The minimum Gasteiger partial charge on any atom is -0.507 e. The van der Waals surface area contributed by atoms with Gasteiger partial charge in [0.25, 0.3) is 0 Å². The fourth-order valence-corrected chi connectivity index (χ4v) is 2.16. The first-order chi connectivity index (χ1) is 7.61. The van der Waals surface area contributed by atoms with Crippen LogP contribution in [0.3, 0.4) is 0 Å². The summed E-state index contributed by atoms with van der Waals surface area (Å²) in [4.78, 5) is 0. The first kappa shape index (κ1) is 10.8. The van der Waals surface area contributed by atoms with Crippen LogP contribution in [0, 0.1) is 11.3 Å². The second kappa shape index (κ2) is 3.69. The van der Waals surface area contributed by atoms with Crippen molar-refractivity contribution in [1.82, 2.24) is 0 Å². The molecule has 0 aliphatic heterocycles. The Morgan fingerprint density at radius 3 is 2.62 bits per heavy atom. The number of aliphatic hydroxyl groups is 1. The van der Waals surface area contributed by atoms with Gasteiger partial charge in [-0.1, -0.05) is 6.07 Å². The van der Waals surface area contributed by atoms with E-state index in [9.17, 15) is 10.2 Å². The van der Waals surface area contributed by atoms with Gasteiger partial charge in [0.2, 0.25) is 0 Å². The van der Waals surface area contributed by atoms with Crippen LogP contribution in [-0.4, -0.2) is 23.4 Å². The molecule has 0 atom stereocenters. The fraction of sp³-hybridized carbons (Fsp3) is 0.417. The molecule has 2 N–H and O–H groups in total. The Bertz CT molecular complexity index is 444. The second-order valence-corrected chi connectivity index (χ2v) is 4.14. The summed E-state index contributed by atoms with van der Waals surface area (Å²) in [6, 6.07) is 7.06. The molecule has 1 saturated carbocycles. The number of aromatic hydroxyl groups is 1. The van der Waals surface area contributed by atoms with Gasteiger partial charge in [-0.3, -0.25) is 0 Å². The second-order valence-electron chi connectivity index (χ2n) is 4.14. The fourth-order valence-electron chi connectivity index (χ4n) is 2.16. The number of phenols is 1. The number of hydrogen-bond acceptors (Lipinski definition) is 4. The van der Waals surface area contributed by atoms with Gasteiger partial charge in [0.1, 0.15) is 11.5 Å². The Kier molecular flexibility index (Phi) is 2.49. The van der Waals surface area contributed by atoms with Gasteiger partial charge in [-0.2, -0.15) is 5.26 Å². The van der Waals surface area contributed by atoms with Gasteiger partial charge in [-0.25, -0.2) is 0 Å². The summed E-state index contributed by atoms with van der Waals surface area (Å²) in [5.74, 6) is 0.599. The van der Waals surface area contributed by atoms with Crippen molar-refractivity contribution < 1.29 is 14.9 Å². The monoisotopic (exact) mass is 219 g/mol. The van der Waals surface area contributed by atoms with Gasteiger partial charge in [-0.15, -0.1) is 0 Å². The Hall–Kier alpha value is -1.73. The van der Waals surface area contributed by atoms with Gasteiger partial charge in [-0.05, 0) is 18.9 Å². The number of rotatable bonds is 2. The standard InChI is InChI=1S/C12H13NO3/c1-16-9-2-3-10(11(15)4-9)12(7-13)5-8(14)6-12/h2-4,8,14-15H,5-6H2,1H3. The van der Waals surface area contributed by atoms with E-state index in [0.29, 0.717) is 24.2 Å². The molecule has 1 aromatic rings. The Morgan fingerprint density at radius 1 is 1.50 bits per heavy atom. The molecular weight excluding hydrogens is 206 g/mol. The van der Waals surface area contributed by atoms with Crippen molar-refractivity contribution in [2.75, 3.05) is 7.11 Å². The zero-order valence-electron chi connectivity index (χ0n) is 8.97. The molecule has 84 valence electrons. The zero-order chi connectivity index (χ0) is 11.8. The molecule has 0 amide bonds. The molecule has 2 rings (SSSR count). The van der Waals surface area contributed by atoms with Crippen molar-refractivity contribution in [3.63, 3.8) is 0 Å². The molecule has 1 fully saturated rings. The van der Waals surface area contributed by atoms with Crippen molar-refractivity contribution in [3.05, 3.63) is 23.8 Å². The lowest BCUT2D eigenvalue weighted by Crippen LogP contribution is -2.43. The number of ether oxygens (including phenoxy) is 1. The Morgan fingerprint density at radius 2 is 2.19 bits per heavy atom. The average molecular weight is 219 g/mol. The van der Waals surface area contributed by atoms with E-state index >= 15 is 0 Å². The van der Waals surface area contributed by atoms with Crippen molar-refractivity contribution >= 4 is 0 Å². The van der Waals surface area contributed by atoms with Crippen LogP contribution < -0.4 is 4.74 Å². The Labute approximate surface area is 93.7 Å². The number of phenolic OH excluding ortho intramolecular Hbond substituents is 1. The molecule has 1 aliphatic rings. The van der Waals surface area contributed by atoms with Gasteiger partial charge < -0.3 is 14.9 Å². The van der Waals surface area contributed by atoms with Crippen LogP contribution in [0.1, 0.15) is 18.4 Å². The summed E-state index contributed by atoms with van der Waals surface area (Å²) in [6.07, 6.45) is 0.313. The molecule has 4 heteroatoms.